The van der Waals surface area contributed by atoms with E-state index in [9.17, 15) is 0 Å². The molecule has 0 saturated carbocycles. The van der Waals surface area contributed by atoms with Crippen molar-refractivity contribution in [1.82, 2.24) is 0 Å². The minimum atomic E-state index is 0.845. The fraction of sp³-hybridized carbons (Fsp3) is 0.0625. The highest BCUT2D eigenvalue weighted by Crippen LogP contribution is 2.39. The first kappa shape index (κ1) is 10.2. The smallest absolute Gasteiger partial charge is 0.0898 e. The topological polar surface area (TPSA) is 12.4 Å². The predicted molar refractivity (Wildman–Crippen MR) is 78.9 cm³/mol. The third-order valence-electron chi connectivity index (χ3n) is 3.40. The Labute approximate surface area is 110 Å². The van der Waals surface area contributed by atoms with E-state index in [0.29, 0.717) is 0 Å². The van der Waals surface area contributed by atoms with Gasteiger partial charge in [0.1, 0.15) is 0 Å². The molecule has 0 radical (unpaired) electrons. The summed E-state index contributed by atoms with van der Waals surface area (Å²) in [6, 6.07) is 17.1. The lowest BCUT2D eigenvalue weighted by atomic mass is 9.96. The molecule has 0 bridgehead atoms. The van der Waals surface area contributed by atoms with Gasteiger partial charge < -0.3 is 0 Å². The van der Waals surface area contributed by atoms with Gasteiger partial charge in [-0.15, -0.1) is 11.8 Å². The molecule has 0 atom stereocenters. The van der Waals surface area contributed by atoms with Gasteiger partial charge in [-0.1, -0.05) is 48.5 Å². The number of hydrogen-bond acceptors (Lipinski definition) is 2. The van der Waals surface area contributed by atoms with E-state index in [0.717, 1.165) is 11.6 Å². The molecule has 0 aromatic heterocycles. The van der Waals surface area contributed by atoms with Crippen molar-refractivity contribution in [1.29, 1.82) is 0 Å². The maximum absolute atomic E-state index is 4.65. The van der Waals surface area contributed by atoms with Gasteiger partial charge in [-0.2, -0.15) is 0 Å². The molecule has 0 amide bonds. The van der Waals surface area contributed by atoms with E-state index in [2.05, 4.69) is 59.6 Å². The summed E-state index contributed by atoms with van der Waals surface area (Å²) < 4.78 is 0. The molecule has 1 aliphatic heterocycles. The third kappa shape index (κ3) is 1.39. The molecule has 0 N–H and O–H groups in total. The molecule has 1 aliphatic carbocycles. The number of benzene rings is 2. The van der Waals surface area contributed by atoms with Crippen LogP contribution in [0.25, 0.3) is 17.2 Å². The van der Waals surface area contributed by atoms with Crippen molar-refractivity contribution in [2.75, 3.05) is 5.88 Å². The van der Waals surface area contributed by atoms with Crippen LogP contribution in [0.2, 0.25) is 0 Å². The van der Waals surface area contributed by atoms with E-state index in [4.69, 9.17) is 0 Å². The lowest BCUT2D eigenvalue weighted by Gasteiger charge is -2.08. The molecule has 2 aliphatic rings. The molecule has 0 spiro atoms. The van der Waals surface area contributed by atoms with Crippen LogP contribution in [-0.4, -0.2) is 11.6 Å². The van der Waals surface area contributed by atoms with Crippen molar-refractivity contribution in [2.45, 2.75) is 0 Å². The molecule has 2 aromatic rings. The van der Waals surface area contributed by atoms with Gasteiger partial charge in [0.05, 0.1) is 11.6 Å². The second-order valence-corrected chi connectivity index (χ2v) is 5.41. The van der Waals surface area contributed by atoms with E-state index in [1.807, 2.05) is 11.8 Å². The Kier molecular flexibility index (Phi) is 2.17. The molecule has 0 saturated heterocycles. The van der Waals surface area contributed by atoms with Gasteiger partial charge in [-0.05, 0) is 22.8 Å². The maximum Gasteiger partial charge on any atom is 0.0898 e. The van der Waals surface area contributed by atoms with Crippen LogP contribution in [0.5, 0.6) is 0 Å². The van der Waals surface area contributed by atoms with E-state index in [-0.39, 0.29) is 0 Å². The average molecular weight is 249 g/mol. The van der Waals surface area contributed by atoms with E-state index >= 15 is 0 Å². The van der Waals surface area contributed by atoms with E-state index in [1.54, 1.807) is 0 Å². The molecule has 1 nitrogen and oxygen atoms in total. The van der Waals surface area contributed by atoms with Crippen LogP contribution in [0, 0.1) is 0 Å². The van der Waals surface area contributed by atoms with Crippen LogP contribution in [0.1, 0.15) is 11.1 Å². The summed E-state index contributed by atoms with van der Waals surface area (Å²) >= 11 is 1.82. The first-order valence-electron chi connectivity index (χ1n) is 6.01. The molecule has 18 heavy (non-hydrogen) atoms. The zero-order valence-corrected chi connectivity index (χ0v) is 10.6. The molecular weight excluding hydrogens is 238 g/mol. The zero-order valence-electron chi connectivity index (χ0n) is 9.76. The Hall–Kier alpha value is -1.80. The summed E-state index contributed by atoms with van der Waals surface area (Å²) in [6.45, 7) is 0. The maximum atomic E-state index is 4.65. The lowest BCUT2D eigenvalue weighted by Crippen LogP contribution is -1.99. The number of nitrogens with zero attached hydrogens (tertiary/aromatic N) is 1. The van der Waals surface area contributed by atoms with Crippen LogP contribution in [0.15, 0.2) is 58.4 Å². The van der Waals surface area contributed by atoms with Crippen molar-refractivity contribution in [3.63, 3.8) is 0 Å². The summed E-state index contributed by atoms with van der Waals surface area (Å²) in [5, 5.41) is 0. The Morgan fingerprint density at radius 3 is 2.44 bits per heavy atom. The molecule has 0 unspecified atom stereocenters. The van der Waals surface area contributed by atoms with Gasteiger partial charge in [0.2, 0.25) is 0 Å². The minimum absolute atomic E-state index is 0.845. The lowest BCUT2D eigenvalue weighted by molar-refractivity contribution is 1.40. The second kappa shape index (κ2) is 3.85. The van der Waals surface area contributed by atoms with Crippen molar-refractivity contribution in [2.24, 2.45) is 4.99 Å². The molecule has 0 fully saturated rings. The fourth-order valence-electron chi connectivity index (χ4n) is 2.57. The summed E-state index contributed by atoms with van der Waals surface area (Å²) in [4.78, 5) is 5.95. The largest absolute Gasteiger partial charge is 0.272 e. The normalized spacial score (nSPS) is 16.0. The molecule has 2 heteroatoms. The standard InChI is InChI=1S/C16H11NS/c1-2-6-12-11(5-1)9-15-16(17-10-18-15)14-8-4-3-7-13(12)14/h1-9H,10H2. The monoisotopic (exact) mass is 249 g/mol. The molecular formula is C16H11NS. The van der Waals surface area contributed by atoms with Crippen molar-refractivity contribution >= 4 is 23.5 Å². The fourth-order valence-corrected chi connectivity index (χ4v) is 3.43. The van der Waals surface area contributed by atoms with Gasteiger partial charge in [-0.3, -0.25) is 4.99 Å². The van der Waals surface area contributed by atoms with Gasteiger partial charge >= 0.3 is 0 Å². The van der Waals surface area contributed by atoms with Gasteiger partial charge in [-0.25, -0.2) is 0 Å². The quantitative estimate of drug-likeness (QED) is 0.681. The van der Waals surface area contributed by atoms with E-state index < -0.39 is 0 Å². The van der Waals surface area contributed by atoms with Crippen molar-refractivity contribution in [3.8, 4) is 11.1 Å². The molecule has 4 rings (SSSR count). The number of aliphatic imine (C=N–C) groups is 1. The Morgan fingerprint density at radius 1 is 0.833 bits per heavy atom. The van der Waals surface area contributed by atoms with Crippen molar-refractivity contribution < 1.29 is 0 Å². The van der Waals surface area contributed by atoms with E-state index in [1.165, 1.54) is 27.2 Å². The summed E-state index contributed by atoms with van der Waals surface area (Å²) in [5.41, 5.74) is 6.31. The summed E-state index contributed by atoms with van der Waals surface area (Å²) in [7, 11) is 0. The average Bonchev–Trinajstić information content (AvgIpc) is 2.83. The van der Waals surface area contributed by atoms with Gasteiger partial charge in [0.15, 0.2) is 0 Å². The summed E-state index contributed by atoms with van der Waals surface area (Å²) in [5.74, 6) is 0.845. The third-order valence-corrected chi connectivity index (χ3v) is 4.28. The molecule has 1 heterocycles. The predicted octanol–water partition coefficient (Wildman–Crippen LogP) is 4.20. The Balaban J connectivity index is 2.12. The Morgan fingerprint density at radius 2 is 1.56 bits per heavy atom. The Bertz CT molecular complexity index is 698. The first-order valence-corrected chi connectivity index (χ1v) is 7.00. The van der Waals surface area contributed by atoms with Crippen LogP contribution in [0.4, 0.5) is 0 Å². The number of thioether (sulfide) groups is 1. The minimum Gasteiger partial charge on any atom is -0.272 e. The number of allylic oxidation sites excluding steroid dienone is 1. The van der Waals surface area contributed by atoms with Crippen molar-refractivity contribution in [3.05, 3.63) is 64.6 Å². The van der Waals surface area contributed by atoms with Crippen LogP contribution in [-0.2, 0) is 0 Å². The zero-order chi connectivity index (χ0) is 11.9. The second-order valence-electron chi connectivity index (χ2n) is 4.42. The summed E-state index contributed by atoms with van der Waals surface area (Å²) in [6.07, 6.45) is 2.27. The SMILES string of the molecule is C1=C2SCN=C2c2ccccc2-c2ccccc21. The van der Waals surface area contributed by atoms with Crippen LogP contribution >= 0.6 is 11.8 Å². The first-order chi connectivity index (χ1) is 8.93. The number of fused-ring (bicyclic) bond motifs is 5. The highest BCUT2D eigenvalue weighted by atomic mass is 32.2. The molecule has 86 valence electrons. The van der Waals surface area contributed by atoms with Gasteiger partial charge in [0.25, 0.3) is 0 Å². The molecule has 2 aromatic carbocycles. The highest BCUT2D eigenvalue weighted by molar-refractivity contribution is 8.04. The number of hydrogen-bond donors (Lipinski definition) is 0. The van der Waals surface area contributed by atoms with Crippen LogP contribution < -0.4 is 0 Å². The van der Waals surface area contributed by atoms with Gasteiger partial charge in [0, 0.05) is 10.5 Å². The van der Waals surface area contributed by atoms with Crippen LogP contribution in [0.3, 0.4) is 0 Å². The number of rotatable bonds is 0. The highest BCUT2D eigenvalue weighted by Gasteiger charge is 2.23.